The van der Waals surface area contributed by atoms with Crippen molar-refractivity contribution >= 4 is 23.4 Å². The van der Waals surface area contributed by atoms with Crippen molar-refractivity contribution in [1.82, 2.24) is 5.32 Å². The summed E-state index contributed by atoms with van der Waals surface area (Å²) in [5.74, 6) is 1.41. The second-order valence-corrected chi connectivity index (χ2v) is 6.01. The van der Waals surface area contributed by atoms with E-state index in [2.05, 4.69) is 18.5 Å². The number of thioether (sulfide) groups is 1. The average Bonchev–Trinajstić information content (AvgIpc) is 2.83. The molecule has 1 heterocycles. The summed E-state index contributed by atoms with van der Waals surface area (Å²) in [4.78, 5) is 0. The van der Waals surface area contributed by atoms with Gasteiger partial charge in [0.25, 0.3) is 0 Å². The first-order chi connectivity index (χ1) is 8.70. The summed E-state index contributed by atoms with van der Waals surface area (Å²) in [5, 5.41) is 4.73. The van der Waals surface area contributed by atoms with Gasteiger partial charge < -0.3 is 14.8 Å². The highest BCUT2D eigenvalue weighted by Gasteiger charge is 2.17. The molecule has 0 spiro atoms. The third kappa shape index (κ3) is 3.46. The van der Waals surface area contributed by atoms with Crippen LogP contribution in [0.4, 0.5) is 0 Å². The second kappa shape index (κ2) is 6.55. The van der Waals surface area contributed by atoms with Crippen LogP contribution in [0, 0.1) is 0 Å². The molecule has 5 heteroatoms. The van der Waals surface area contributed by atoms with E-state index in [0.717, 1.165) is 24.4 Å². The van der Waals surface area contributed by atoms with Gasteiger partial charge in [0.2, 0.25) is 6.79 Å². The highest BCUT2D eigenvalue weighted by Crippen LogP contribution is 2.39. The molecule has 0 aromatic heterocycles. The number of halogens is 1. The molecule has 1 aromatic carbocycles. The van der Waals surface area contributed by atoms with Gasteiger partial charge >= 0.3 is 0 Å². The van der Waals surface area contributed by atoms with Crippen molar-refractivity contribution in [3.8, 4) is 11.5 Å². The van der Waals surface area contributed by atoms with Crippen LogP contribution >= 0.6 is 23.4 Å². The van der Waals surface area contributed by atoms with Crippen LogP contribution in [0.5, 0.6) is 11.5 Å². The maximum absolute atomic E-state index is 6.12. The predicted octanol–water partition coefficient (Wildman–Crippen LogP) is 3.30. The van der Waals surface area contributed by atoms with Crippen molar-refractivity contribution in [1.29, 1.82) is 0 Å². The summed E-state index contributed by atoms with van der Waals surface area (Å²) < 4.78 is 10.6. The molecular weight excluding hydrogens is 270 g/mol. The van der Waals surface area contributed by atoms with Crippen molar-refractivity contribution in [2.45, 2.75) is 25.1 Å². The van der Waals surface area contributed by atoms with Crippen molar-refractivity contribution in [3.05, 3.63) is 22.7 Å². The van der Waals surface area contributed by atoms with Crippen molar-refractivity contribution in [2.75, 3.05) is 19.6 Å². The lowest BCUT2D eigenvalue weighted by Crippen LogP contribution is -2.17. The van der Waals surface area contributed by atoms with Crippen molar-refractivity contribution < 1.29 is 9.47 Å². The number of hydrogen-bond acceptors (Lipinski definition) is 4. The molecule has 3 nitrogen and oxygen atoms in total. The Kier molecular flexibility index (Phi) is 5.03. The Balaban J connectivity index is 1.85. The van der Waals surface area contributed by atoms with E-state index in [1.165, 1.54) is 6.42 Å². The Labute approximate surface area is 117 Å². The summed E-state index contributed by atoms with van der Waals surface area (Å²) in [6.07, 6.45) is 3.31. The molecule has 1 aromatic rings. The van der Waals surface area contributed by atoms with Crippen LogP contribution in [0.25, 0.3) is 0 Å². The molecule has 1 aliphatic rings. The number of nitrogens with one attached hydrogen (secondary N) is 1. The zero-order valence-electron chi connectivity index (χ0n) is 10.7. The number of hydrogen-bond donors (Lipinski definition) is 1. The summed E-state index contributed by atoms with van der Waals surface area (Å²) in [7, 11) is 0. The molecule has 0 fully saturated rings. The van der Waals surface area contributed by atoms with E-state index in [1.54, 1.807) is 0 Å². The maximum atomic E-state index is 6.12. The Morgan fingerprint density at radius 2 is 2.28 bits per heavy atom. The highest BCUT2D eigenvalue weighted by molar-refractivity contribution is 7.99. The van der Waals surface area contributed by atoms with E-state index in [4.69, 9.17) is 21.1 Å². The molecule has 1 atom stereocenters. The van der Waals surface area contributed by atoms with Crippen LogP contribution in [-0.4, -0.2) is 24.8 Å². The fraction of sp³-hybridized carbons (Fsp3) is 0.538. The molecule has 2 rings (SSSR count). The van der Waals surface area contributed by atoms with Gasteiger partial charge in [-0.05, 0) is 36.9 Å². The molecule has 0 bridgehead atoms. The Bertz CT molecular complexity index is 414. The quantitative estimate of drug-likeness (QED) is 0.813. The van der Waals surface area contributed by atoms with Crippen LogP contribution < -0.4 is 14.8 Å². The van der Waals surface area contributed by atoms with E-state index < -0.39 is 0 Å². The SMILES string of the molecule is CSC(C)CCNCc1cc(Cl)c2c(c1)OCO2. The number of ether oxygens (including phenoxy) is 2. The molecule has 0 radical (unpaired) electrons. The van der Waals surface area contributed by atoms with E-state index >= 15 is 0 Å². The third-order valence-electron chi connectivity index (χ3n) is 2.95. The zero-order valence-corrected chi connectivity index (χ0v) is 12.2. The van der Waals surface area contributed by atoms with Crippen LogP contribution in [0.2, 0.25) is 5.02 Å². The molecule has 1 unspecified atom stereocenters. The van der Waals surface area contributed by atoms with Crippen LogP contribution in [0.1, 0.15) is 18.9 Å². The molecule has 1 aliphatic heterocycles. The van der Waals surface area contributed by atoms with Crippen LogP contribution in [0.15, 0.2) is 12.1 Å². The third-order valence-corrected chi connectivity index (χ3v) is 4.27. The molecule has 1 N–H and O–H groups in total. The standard InChI is InChI=1S/C13H18ClNO2S/c1-9(18-2)3-4-15-7-10-5-11(14)13-12(6-10)16-8-17-13/h5-6,9,15H,3-4,7-8H2,1-2H3. The van der Waals surface area contributed by atoms with Crippen molar-refractivity contribution in [2.24, 2.45) is 0 Å². The van der Waals surface area contributed by atoms with E-state index in [9.17, 15) is 0 Å². The predicted molar refractivity (Wildman–Crippen MR) is 76.9 cm³/mol. The minimum atomic E-state index is 0.261. The summed E-state index contributed by atoms with van der Waals surface area (Å²) in [6, 6.07) is 3.92. The van der Waals surface area contributed by atoms with E-state index in [0.29, 0.717) is 16.0 Å². The summed E-state index contributed by atoms with van der Waals surface area (Å²) in [5.41, 5.74) is 1.13. The minimum Gasteiger partial charge on any atom is -0.454 e. The Morgan fingerprint density at radius 1 is 1.44 bits per heavy atom. The fourth-order valence-corrected chi connectivity index (χ4v) is 2.42. The number of fused-ring (bicyclic) bond motifs is 1. The first kappa shape index (κ1) is 13.8. The Hall–Kier alpha value is -0.580. The molecule has 18 heavy (non-hydrogen) atoms. The summed E-state index contributed by atoms with van der Waals surface area (Å²) in [6.45, 7) is 4.31. The van der Waals surface area contributed by atoms with Crippen molar-refractivity contribution in [3.63, 3.8) is 0 Å². The molecule has 0 amide bonds. The van der Waals surface area contributed by atoms with Gasteiger partial charge in [0.1, 0.15) is 0 Å². The Morgan fingerprint density at radius 3 is 3.06 bits per heavy atom. The van der Waals surface area contributed by atoms with Crippen LogP contribution in [0.3, 0.4) is 0 Å². The monoisotopic (exact) mass is 287 g/mol. The maximum Gasteiger partial charge on any atom is 0.231 e. The first-order valence-corrected chi connectivity index (χ1v) is 7.69. The second-order valence-electron chi connectivity index (χ2n) is 4.32. The molecule has 0 saturated carbocycles. The van der Waals surface area contributed by atoms with Gasteiger partial charge in [-0.3, -0.25) is 0 Å². The molecular formula is C13H18ClNO2S. The number of benzene rings is 1. The lowest BCUT2D eigenvalue weighted by Gasteiger charge is -2.10. The largest absolute Gasteiger partial charge is 0.454 e. The molecule has 100 valence electrons. The normalized spacial score (nSPS) is 14.8. The van der Waals surface area contributed by atoms with Gasteiger partial charge in [-0.25, -0.2) is 0 Å². The minimum absolute atomic E-state index is 0.261. The average molecular weight is 288 g/mol. The van der Waals surface area contributed by atoms with Crippen LogP contribution in [-0.2, 0) is 6.54 Å². The fourth-order valence-electron chi connectivity index (χ4n) is 1.78. The highest BCUT2D eigenvalue weighted by atomic mass is 35.5. The van der Waals surface area contributed by atoms with Gasteiger partial charge in [-0.15, -0.1) is 0 Å². The van der Waals surface area contributed by atoms with Gasteiger partial charge in [0, 0.05) is 11.8 Å². The van der Waals surface area contributed by atoms with Gasteiger partial charge in [-0.2, -0.15) is 11.8 Å². The van der Waals surface area contributed by atoms with Gasteiger partial charge in [0.15, 0.2) is 11.5 Å². The molecule has 0 saturated heterocycles. The lowest BCUT2D eigenvalue weighted by atomic mass is 10.2. The smallest absolute Gasteiger partial charge is 0.231 e. The number of rotatable bonds is 6. The van der Waals surface area contributed by atoms with Gasteiger partial charge in [0.05, 0.1) is 5.02 Å². The summed E-state index contributed by atoms with van der Waals surface area (Å²) >= 11 is 8.02. The van der Waals surface area contributed by atoms with E-state index in [1.807, 2.05) is 23.9 Å². The van der Waals surface area contributed by atoms with Gasteiger partial charge in [-0.1, -0.05) is 18.5 Å². The zero-order chi connectivity index (χ0) is 13.0. The topological polar surface area (TPSA) is 30.5 Å². The lowest BCUT2D eigenvalue weighted by molar-refractivity contribution is 0.174. The molecule has 0 aliphatic carbocycles. The van der Waals surface area contributed by atoms with E-state index in [-0.39, 0.29) is 6.79 Å². The first-order valence-electron chi connectivity index (χ1n) is 6.02.